The predicted octanol–water partition coefficient (Wildman–Crippen LogP) is 2.87. The summed E-state index contributed by atoms with van der Waals surface area (Å²) in [7, 11) is 1.65. The Labute approximate surface area is 128 Å². The molecule has 0 bridgehead atoms. The smallest absolute Gasteiger partial charge is 0.188 e. The highest BCUT2D eigenvalue weighted by Crippen LogP contribution is 2.20. The third-order valence-corrected chi connectivity index (χ3v) is 3.75. The van der Waals surface area contributed by atoms with E-state index < -0.39 is 6.61 Å². The Hall–Kier alpha value is -2.59. The average molecular weight is 295 g/mol. The molecular formula is C18H17NO3. The van der Waals surface area contributed by atoms with Gasteiger partial charge in [-0.25, -0.2) is 0 Å². The molecule has 0 radical (unpaired) electrons. The van der Waals surface area contributed by atoms with Gasteiger partial charge in [-0.15, -0.1) is 0 Å². The van der Waals surface area contributed by atoms with Crippen molar-refractivity contribution in [2.45, 2.75) is 6.54 Å². The van der Waals surface area contributed by atoms with Gasteiger partial charge >= 0.3 is 0 Å². The SMILES string of the molecule is COc1ccc(Cn2ccc3ccc(C(=O)CO)cc32)cc1. The number of ether oxygens (including phenoxy) is 1. The number of carbonyl (C=O) groups excluding carboxylic acids is 1. The van der Waals surface area contributed by atoms with Gasteiger partial charge in [0.05, 0.1) is 7.11 Å². The van der Waals surface area contributed by atoms with Gasteiger partial charge in [0.25, 0.3) is 0 Å². The molecule has 22 heavy (non-hydrogen) atoms. The van der Waals surface area contributed by atoms with Crippen LogP contribution in [0.3, 0.4) is 0 Å². The molecule has 0 aliphatic carbocycles. The molecule has 0 spiro atoms. The maximum atomic E-state index is 11.6. The summed E-state index contributed by atoms with van der Waals surface area (Å²) in [6, 6.07) is 15.4. The summed E-state index contributed by atoms with van der Waals surface area (Å²) in [4.78, 5) is 11.6. The number of carbonyl (C=O) groups is 1. The van der Waals surface area contributed by atoms with Gasteiger partial charge in [-0.05, 0) is 35.2 Å². The van der Waals surface area contributed by atoms with E-state index in [-0.39, 0.29) is 5.78 Å². The number of ketones is 1. The molecule has 0 fully saturated rings. The minimum atomic E-state index is -0.468. The predicted molar refractivity (Wildman–Crippen MR) is 85.5 cm³/mol. The molecule has 1 aromatic heterocycles. The summed E-state index contributed by atoms with van der Waals surface area (Å²) in [5.41, 5.74) is 2.66. The van der Waals surface area contributed by atoms with Crippen molar-refractivity contribution in [3.8, 4) is 5.75 Å². The summed E-state index contributed by atoms with van der Waals surface area (Å²) in [5.74, 6) is 0.566. The first kappa shape index (κ1) is 14.4. The van der Waals surface area contributed by atoms with E-state index in [0.717, 1.165) is 22.2 Å². The Morgan fingerprint density at radius 2 is 1.91 bits per heavy atom. The van der Waals surface area contributed by atoms with Crippen LogP contribution in [0.1, 0.15) is 15.9 Å². The second-order valence-corrected chi connectivity index (χ2v) is 5.15. The van der Waals surface area contributed by atoms with Gasteiger partial charge in [0, 0.05) is 23.8 Å². The first-order chi connectivity index (χ1) is 10.7. The van der Waals surface area contributed by atoms with Crippen molar-refractivity contribution in [2.75, 3.05) is 13.7 Å². The number of aliphatic hydroxyl groups excluding tert-OH is 1. The minimum Gasteiger partial charge on any atom is -0.497 e. The molecule has 4 heteroatoms. The number of aliphatic hydroxyl groups is 1. The molecule has 3 aromatic rings. The third-order valence-electron chi connectivity index (χ3n) is 3.75. The Morgan fingerprint density at radius 3 is 2.59 bits per heavy atom. The number of nitrogens with zero attached hydrogens (tertiary/aromatic N) is 1. The van der Waals surface area contributed by atoms with Crippen molar-refractivity contribution in [1.29, 1.82) is 0 Å². The largest absolute Gasteiger partial charge is 0.497 e. The number of methoxy groups -OCH3 is 1. The van der Waals surface area contributed by atoms with Crippen molar-refractivity contribution in [3.05, 3.63) is 65.9 Å². The van der Waals surface area contributed by atoms with E-state index in [1.54, 1.807) is 13.2 Å². The first-order valence-corrected chi connectivity index (χ1v) is 7.07. The number of rotatable bonds is 5. The number of benzene rings is 2. The summed E-state index contributed by atoms with van der Waals surface area (Å²) >= 11 is 0. The third kappa shape index (κ3) is 2.73. The maximum absolute atomic E-state index is 11.6. The normalized spacial score (nSPS) is 10.8. The van der Waals surface area contributed by atoms with Crippen LogP contribution in [0.15, 0.2) is 54.7 Å². The van der Waals surface area contributed by atoms with Crippen LogP contribution in [0, 0.1) is 0 Å². The minimum absolute atomic E-state index is 0.265. The molecule has 2 aromatic carbocycles. The van der Waals surface area contributed by atoms with Crippen molar-refractivity contribution in [1.82, 2.24) is 4.57 Å². The molecule has 112 valence electrons. The topological polar surface area (TPSA) is 51.5 Å². The molecule has 1 N–H and O–H groups in total. The van der Waals surface area contributed by atoms with E-state index in [9.17, 15) is 4.79 Å². The number of aromatic nitrogens is 1. The van der Waals surface area contributed by atoms with Gasteiger partial charge in [-0.2, -0.15) is 0 Å². The second kappa shape index (κ2) is 6.03. The lowest BCUT2D eigenvalue weighted by molar-refractivity contribution is 0.0904. The lowest BCUT2D eigenvalue weighted by atomic mass is 10.1. The lowest BCUT2D eigenvalue weighted by Gasteiger charge is -2.08. The molecule has 4 nitrogen and oxygen atoms in total. The van der Waals surface area contributed by atoms with Crippen LogP contribution in [-0.2, 0) is 6.54 Å². The number of Topliss-reactive ketones (excluding diaryl/α,β-unsaturated/α-hetero) is 1. The van der Waals surface area contributed by atoms with Crippen LogP contribution in [0.2, 0.25) is 0 Å². The van der Waals surface area contributed by atoms with Crippen molar-refractivity contribution < 1.29 is 14.6 Å². The number of fused-ring (bicyclic) bond motifs is 1. The fourth-order valence-corrected chi connectivity index (χ4v) is 2.51. The van der Waals surface area contributed by atoms with Crippen LogP contribution in [0.25, 0.3) is 10.9 Å². The van der Waals surface area contributed by atoms with Crippen molar-refractivity contribution in [3.63, 3.8) is 0 Å². The van der Waals surface area contributed by atoms with E-state index in [4.69, 9.17) is 9.84 Å². The molecule has 3 rings (SSSR count). The zero-order valence-corrected chi connectivity index (χ0v) is 12.3. The van der Waals surface area contributed by atoms with E-state index in [1.165, 1.54) is 0 Å². The fourth-order valence-electron chi connectivity index (χ4n) is 2.51. The number of hydrogen-bond donors (Lipinski definition) is 1. The van der Waals surface area contributed by atoms with Crippen molar-refractivity contribution >= 4 is 16.7 Å². The fraction of sp³-hybridized carbons (Fsp3) is 0.167. The molecule has 0 aliphatic heterocycles. The molecule has 0 saturated heterocycles. The van der Waals surface area contributed by atoms with E-state index in [1.807, 2.05) is 48.7 Å². The average Bonchev–Trinajstić information content (AvgIpc) is 2.97. The van der Waals surface area contributed by atoms with Gasteiger partial charge in [0.1, 0.15) is 12.4 Å². The van der Waals surface area contributed by atoms with Gasteiger partial charge in [-0.3, -0.25) is 4.79 Å². The van der Waals surface area contributed by atoms with Crippen LogP contribution in [0.4, 0.5) is 0 Å². The number of hydrogen-bond acceptors (Lipinski definition) is 3. The second-order valence-electron chi connectivity index (χ2n) is 5.15. The maximum Gasteiger partial charge on any atom is 0.188 e. The lowest BCUT2D eigenvalue weighted by Crippen LogP contribution is -2.05. The monoisotopic (exact) mass is 295 g/mol. The molecule has 0 atom stereocenters. The molecule has 0 aliphatic rings. The van der Waals surface area contributed by atoms with Crippen LogP contribution < -0.4 is 4.74 Å². The van der Waals surface area contributed by atoms with Gasteiger partial charge < -0.3 is 14.4 Å². The Balaban J connectivity index is 1.94. The highest BCUT2D eigenvalue weighted by atomic mass is 16.5. The Kier molecular flexibility index (Phi) is 3.94. The summed E-state index contributed by atoms with van der Waals surface area (Å²) < 4.78 is 7.25. The van der Waals surface area contributed by atoms with E-state index in [2.05, 4.69) is 4.57 Å². The van der Waals surface area contributed by atoms with Gasteiger partial charge in [0.15, 0.2) is 5.78 Å². The van der Waals surface area contributed by atoms with Crippen LogP contribution >= 0.6 is 0 Å². The summed E-state index contributed by atoms with van der Waals surface area (Å²) in [6.07, 6.45) is 2.00. The summed E-state index contributed by atoms with van der Waals surface area (Å²) in [5, 5.41) is 10.1. The molecule has 0 amide bonds. The molecule has 0 unspecified atom stereocenters. The molecular weight excluding hydrogens is 278 g/mol. The van der Waals surface area contributed by atoms with Crippen molar-refractivity contribution in [2.24, 2.45) is 0 Å². The first-order valence-electron chi connectivity index (χ1n) is 7.07. The highest BCUT2D eigenvalue weighted by Gasteiger charge is 2.08. The Morgan fingerprint density at radius 1 is 1.14 bits per heavy atom. The van der Waals surface area contributed by atoms with Crippen LogP contribution in [-0.4, -0.2) is 29.2 Å². The van der Waals surface area contributed by atoms with E-state index >= 15 is 0 Å². The molecule has 1 heterocycles. The quantitative estimate of drug-likeness (QED) is 0.736. The van der Waals surface area contributed by atoms with Crippen LogP contribution in [0.5, 0.6) is 5.75 Å². The summed E-state index contributed by atoms with van der Waals surface area (Å²) in [6.45, 7) is 0.245. The standard InChI is InChI=1S/C18H17NO3/c1-22-16-6-2-13(3-7-16)11-19-9-8-14-4-5-15(10-17(14)19)18(21)12-20/h2-10,20H,11-12H2,1H3. The van der Waals surface area contributed by atoms with E-state index in [0.29, 0.717) is 12.1 Å². The zero-order chi connectivity index (χ0) is 15.5. The molecule has 0 saturated carbocycles. The van der Waals surface area contributed by atoms with Gasteiger partial charge in [-0.1, -0.05) is 24.3 Å². The Bertz CT molecular complexity index is 803. The zero-order valence-electron chi connectivity index (χ0n) is 12.3. The highest BCUT2D eigenvalue weighted by molar-refractivity contribution is 6.00. The van der Waals surface area contributed by atoms with Gasteiger partial charge in [0.2, 0.25) is 0 Å².